The number of carbonyl (C=O) groups excluding carboxylic acids is 1. The van der Waals surface area contributed by atoms with E-state index in [2.05, 4.69) is 31.0 Å². The maximum atomic E-state index is 12.5. The third-order valence-corrected chi connectivity index (χ3v) is 5.87. The Bertz CT molecular complexity index is 1060. The number of rotatable bonds is 5. The molecule has 1 amide bonds. The lowest BCUT2D eigenvalue weighted by atomic mass is 10.1. The average Bonchev–Trinajstić information content (AvgIpc) is 3.55. The van der Waals surface area contributed by atoms with Crippen molar-refractivity contribution in [3.05, 3.63) is 48.0 Å². The Hall–Kier alpha value is -3.69. The highest BCUT2D eigenvalue weighted by molar-refractivity contribution is 5.76. The van der Waals surface area contributed by atoms with Gasteiger partial charge in [-0.1, -0.05) is 18.9 Å². The highest BCUT2D eigenvalue weighted by Gasteiger charge is 2.39. The van der Waals surface area contributed by atoms with Gasteiger partial charge in [0.25, 0.3) is 0 Å². The molecule has 0 radical (unpaired) electrons. The van der Waals surface area contributed by atoms with Gasteiger partial charge in [-0.3, -0.25) is 19.4 Å². The average molecular weight is 567 g/mol. The second kappa shape index (κ2) is 13.9. The van der Waals surface area contributed by atoms with Crippen LogP contribution in [0, 0.1) is 0 Å². The molecule has 1 saturated carbocycles. The van der Waals surface area contributed by atoms with Crippen LogP contribution in [0.2, 0.25) is 0 Å². The van der Waals surface area contributed by atoms with Crippen LogP contribution in [0.25, 0.3) is 0 Å². The van der Waals surface area contributed by atoms with Crippen LogP contribution in [0.3, 0.4) is 0 Å². The molecule has 10 nitrogen and oxygen atoms in total. The molecule has 1 aliphatic carbocycles. The SMILES string of the molecule is O=C(CC1CN(C2CCCC2)Cc2ccnn21)NCc1cccnc1.O=C(O)C(F)(F)F.O=C(O)C(F)(F)F. The van der Waals surface area contributed by atoms with Gasteiger partial charge in [0.15, 0.2) is 0 Å². The number of pyridine rings is 1. The predicted octanol–water partition coefficient (Wildman–Crippen LogP) is 3.55. The van der Waals surface area contributed by atoms with Crippen molar-refractivity contribution in [2.45, 2.75) is 69.6 Å². The fourth-order valence-electron chi connectivity index (χ4n) is 4.10. The van der Waals surface area contributed by atoms with Crippen LogP contribution < -0.4 is 5.32 Å². The molecule has 0 aromatic carbocycles. The molecule has 0 spiro atoms. The summed E-state index contributed by atoms with van der Waals surface area (Å²) in [5, 5.41) is 21.7. The second-order valence-corrected chi connectivity index (χ2v) is 8.74. The number of halogens is 6. The van der Waals surface area contributed by atoms with Gasteiger partial charge in [0.05, 0.1) is 18.2 Å². The van der Waals surface area contributed by atoms with Crippen molar-refractivity contribution in [1.82, 2.24) is 25.0 Å². The Labute approximate surface area is 218 Å². The first-order chi connectivity index (χ1) is 18.2. The molecule has 39 heavy (non-hydrogen) atoms. The highest BCUT2D eigenvalue weighted by atomic mass is 19.4. The Morgan fingerprint density at radius 3 is 2.08 bits per heavy atom. The molecular weight excluding hydrogens is 540 g/mol. The number of aromatic nitrogens is 3. The molecule has 0 bridgehead atoms. The van der Waals surface area contributed by atoms with Crippen molar-refractivity contribution in [3.63, 3.8) is 0 Å². The quantitative estimate of drug-likeness (QED) is 0.467. The first-order valence-electron chi connectivity index (χ1n) is 11.7. The van der Waals surface area contributed by atoms with Crippen molar-refractivity contribution >= 4 is 17.8 Å². The fourth-order valence-corrected chi connectivity index (χ4v) is 4.10. The van der Waals surface area contributed by atoms with Gasteiger partial charge >= 0.3 is 24.3 Å². The normalized spacial score (nSPS) is 17.6. The van der Waals surface area contributed by atoms with Crippen LogP contribution in [0.1, 0.15) is 49.4 Å². The number of alkyl halides is 6. The minimum Gasteiger partial charge on any atom is -0.475 e. The van der Waals surface area contributed by atoms with Gasteiger partial charge in [0.2, 0.25) is 5.91 Å². The zero-order valence-corrected chi connectivity index (χ0v) is 20.5. The van der Waals surface area contributed by atoms with Gasteiger partial charge < -0.3 is 15.5 Å². The summed E-state index contributed by atoms with van der Waals surface area (Å²) >= 11 is 0. The van der Waals surface area contributed by atoms with E-state index in [4.69, 9.17) is 19.8 Å². The topological polar surface area (TPSA) is 138 Å². The lowest BCUT2D eigenvalue weighted by Gasteiger charge is -2.37. The Kier molecular flexibility index (Phi) is 11.2. The fraction of sp³-hybridized carbons (Fsp3) is 0.522. The van der Waals surface area contributed by atoms with Crippen LogP contribution >= 0.6 is 0 Å². The van der Waals surface area contributed by atoms with Crippen LogP contribution in [-0.2, 0) is 27.5 Å². The van der Waals surface area contributed by atoms with E-state index in [1.165, 1.54) is 31.4 Å². The highest BCUT2D eigenvalue weighted by Crippen LogP contribution is 2.30. The number of carboxylic acids is 2. The summed E-state index contributed by atoms with van der Waals surface area (Å²) in [7, 11) is 0. The van der Waals surface area contributed by atoms with E-state index in [1.807, 2.05) is 18.3 Å². The third-order valence-electron chi connectivity index (χ3n) is 5.87. The number of aliphatic carboxylic acids is 2. The summed E-state index contributed by atoms with van der Waals surface area (Å²) in [6.07, 6.45) is 0.917. The standard InChI is InChI=1S/C19H25N5O.2C2HF3O2/c25-19(21-12-15-4-3-8-20-11-15)10-18-14-23(16-5-1-2-6-16)13-17-7-9-22-24(17)18;2*3-2(4,5)1(6)7/h3-4,7-9,11,16,18H,1-2,5-6,10,12-14H2,(H,21,25);2*(H,6,7). The number of hydrogen-bond donors (Lipinski definition) is 3. The van der Waals surface area contributed by atoms with E-state index in [9.17, 15) is 31.1 Å². The van der Waals surface area contributed by atoms with E-state index in [1.54, 1.807) is 12.4 Å². The molecule has 4 rings (SSSR count). The molecule has 3 N–H and O–H groups in total. The monoisotopic (exact) mass is 567 g/mol. The Morgan fingerprint density at radius 2 is 1.56 bits per heavy atom. The molecule has 16 heteroatoms. The van der Waals surface area contributed by atoms with Crippen LogP contribution in [0.4, 0.5) is 26.3 Å². The molecule has 216 valence electrons. The van der Waals surface area contributed by atoms with E-state index in [0.29, 0.717) is 19.0 Å². The van der Waals surface area contributed by atoms with Gasteiger partial charge in [0.1, 0.15) is 0 Å². The molecule has 1 atom stereocenters. The molecular formula is C23H27F6N5O5. The molecule has 2 aromatic heterocycles. The molecule has 1 fully saturated rings. The zero-order chi connectivity index (χ0) is 29.2. The number of amides is 1. The molecule has 0 saturated heterocycles. The predicted molar refractivity (Wildman–Crippen MR) is 122 cm³/mol. The van der Waals surface area contributed by atoms with E-state index in [0.717, 1.165) is 18.7 Å². The summed E-state index contributed by atoms with van der Waals surface area (Å²) in [6.45, 7) is 2.40. The third kappa shape index (κ3) is 10.5. The van der Waals surface area contributed by atoms with Crippen LogP contribution in [-0.4, -0.2) is 72.7 Å². The van der Waals surface area contributed by atoms with Crippen molar-refractivity contribution in [1.29, 1.82) is 0 Å². The smallest absolute Gasteiger partial charge is 0.475 e. The number of nitrogens with zero attached hydrogens (tertiary/aromatic N) is 4. The second-order valence-electron chi connectivity index (χ2n) is 8.74. The lowest BCUT2D eigenvalue weighted by Crippen LogP contribution is -2.44. The van der Waals surface area contributed by atoms with Crippen molar-refractivity contribution in [2.24, 2.45) is 0 Å². The largest absolute Gasteiger partial charge is 0.490 e. The minimum atomic E-state index is -5.08. The summed E-state index contributed by atoms with van der Waals surface area (Å²) in [4.78, 5) is 36.9. The number of nitrogens with one attached hydrogen (secondary N) is 1. The van der Waals surface area contributed by atoms with Crippen molar-refractivity contribution < 1.29 is 50.9 Å². The van der Waals surface area contributed by atoms with Gasteiger partial charge in [-0.15, -0.1) is 0 Å². The summed E-state index contributed by atoms with van der Waals surface area (Å²) in [5.74, 6) is -5.44. The van der Waals surface area contributed by atoms with Gasteiger partial charge in [-0.2, -0.15) is 31.4 Å². The summed E-state index contributed by atoms with van der Waals surface area (Å²) < 4.78 is 65.5. The number of carbonyl (C=O) groups is 3. The number of hydrogen-bond acceptors (Lipinski definition) is 6. The molecule has 1 aliphatic heterocycles. The first kappa shape index (κ1) is 31.5. The van der Waals surface area contributed by atoms with E-state index >= 15 is 0 Å². The van der Waals surface area contributed by atoms with Crippen LogP contribution in [0.5, 0.6) is 0 Å². The van der Waals surface area contributed by atoms with Gasteiger partial charge in [-0.25, -0.2) is 9.59 Å². The molecule has 2 aromatic rings. The summed E-state index contributed by atoms with van der Waals surface area (Å²) in [6, 6.07) is 6.74. The van der Waals surface area contributed by atoms with Crippen molar-refractivity contribution in [3.8, 4) is 0 Å². The van der Waals surface area contributed by atoms with E-state index < -0.39 is 24.3 Å². The van der Waals surface area contributed by atoms with Crippen molar-refractivity contribution in [2.75, 3.05) is 6.54 Å². The Morgan fingerprint density at radius 1 is 0.974 bits per heavy atom. The molecule has 2 aliphatic rings. The Balaban J connectivity index is 0.000000317. The number of carboxylic acid groups (broad SMARTS) is 2. The van der Waals surface area contributed by atoms with Gasteiger partial charge in [0, 0.05) is 44.3 Å². The van der Waals surface area contributed by atoms with Gasteiger partial charge in [-0.05, 0) is 30.5 Å². The number of fused-ring (bicyclic) bond motifs is 1. The first-order valence-corrected chi connectivity index (χ1v) is 11.7. The minimum absolute atomic E-state index is 0.0728. The molecule has 3 heterocycles. The van der Waals surface area contributed by atoms with E-state index in [-0.39, 0.29) is 11.9 Å². The maximum absolute atomic E-state index is 12.5. The lowest BCUT2D eigenvalue weighted by molar-refractivity contribution is -0.193. The zero-order valence-electron chi connectivity index (χ0n) is 20.5. The molecule has 1 unspecified atom stereocenters. The van der Waals surface area contributed by atoms with Crippen LogP contribution in [0.15, 0.2) is 36.8 Å². The summed E-state index contributed by atoms with van der Waals surface area (Å²) in [5.41, 5.74) is 2.25. The maximum Gasteiger partial charge on any atom is 0.490 e.